The summed E-state index contributed by atoms with van der Waals surface area (Å²) >= 11 is 3.51. The number of guanidine groups is 1. The molecule has 2 heterocycles. The molecule has 0 aliphatic rings. The Balaban J connectivity index is 0.00000288. The number of hydrogen-bond acceptors (Lipinski definition) is 2. The Kier molecular flexibility index (Phi) is 8.82. The Morgan fingerprint density at radius 1 is 1.50 bits per heavy atom. The zero-order chi connectivity index (χ0) is 16.8. The standard InChI is InChI=1S/C16H25BrN6.HI/c1-13(10-23-7-5-6-20-23)9-19-16(18-2)22(4)12-15-8-14(17)11-21(15)3;/h5-8,11,13H,9-10,12H2,1-4H3,(H,18,19);1H. The highest BCUT2D eigenvalue weighted by atomic mass is 127. The van der Waals surface area contributed by atoms with Gasteiger partial charge in [-0.3, -0.25) is 9.67 Å². The van der Waals surface area contributed by atoms with Crippen molar-refractivity contribution in [3.8, 4) is 0 Å². The van der Waals surface area contributed by atoms with E-state index in [1.165, 1.54) is 5.69 Å². The zero-order valence-electron chi connectivity index (χ0n) is 14.6. The lowest BCUT2D eigenvalue weighted by Crippen LogP contribution is -2.41. The van der Waals surface area contributed by atoms with E-state index in [-0.39, 0.29) is 24.0 Å². The van der Waals surface area contributed by atoms with Gasteiger partial charge in [0.1, 0.15) is 0 Å². The number of nitrogens with zero attached hydrogens (tertiary/aromatic N) is 5. The fraction of sp³-hybridized carbons (Fsp3) is 0.500. The Labute approximate surface area is 169 Å². The lowest BCUT2D eigenvalue weighted by Gasteiger charge is -2.23. The maximum absolute atomic E-state index is 4.38. The van der Waals surface area contributed by atoms with Gasteiger partial charge in [-0.1, -0.05) is 6.92 Å². The number of aliphatic imine (C=N–C) groups is 1. The van der Waals surface area contributed by atoms with Gasteiger partial charge in [-0.05, 0) is 34.0 Å². The lowest BCUT2D eigenvalue weighted by molar-refractivity contribution is 0.419. The molecule has 0 saturated heterocycles. The molecule has 8 heteroatoms. The van der Waals surface area contributed by atoms with Crippen LogP contribution in [0.3, 0.4) is 0 Å². The first kappa shape index (κ1) is 21.0. The largest absolute Gasteiger partial charge is 0.356 e. The van der Waals surface area contributed by atoms with Crippen LogP contribution in [0.25, 0.3) is 0 Å². The molecule has 0 aromatic carbocycles. The van der Waals surface area contributed by atoms with Gasteiger partial charge in [-0.25, -0.2) is 0 Å². The third kappa shape index (κ3) is 6.12. The highest BCUT2D eigenvalue weighted by molar-refractivity contribution is 14.0. The second kappa shape index (κ2) is 10.1. The topological polar surface area (TPSA) is 50.4 Å². The number of halogens is 2. The molecular weight excluding hydrogens is 483 g/mol. The maximum atomic E-state index is 4.38. The zero-order valence-corrected chi connectivity index (χ0v) is 18.5. The van der Waals surface area contributed by atoms with Crippen molar-refractivity contribution in [2.24, 2.45) is 18.0 Å². The summed E-state index contributed by atoms with van der Waals surface area (Å²) in [5.74, 6) is 1.36. The summed E-state index contributed by atoms with van der Waals surface area (Å²) in [7, 11) is 5.92. The molecule has 2 aromatic heterocycles. The van der Waals surface area contributed by atoms with E-state index in [1.54, 1.807) is 0 Å². The fourth-order valence-electron chi connectivity index (χ4n) is 2.48. The quantitative estimate of drug-likeness (QED) is 0.371. The van der Waals surface area contributed by atoms with Crippen LogP contribution in [0.1, 0.15) is 12.6 Å². The second-order valence-electron chi connectivity index (χ2n) is 5.88. The first-order valence-corrected chi connectivity index (χ1v) is 8.49. The molecule has 0 saturated carbocycles. The van der Waals surface area contributed by atoms with Gasteiger partial charge in [0.05, 0.1) is 6.54 Å². The average Bonchev–Trinajstić information content (AvgIpc) is 3.10. The van der Waals surface area contributed by atoms with Gasteiger partial charge in [-0.2, -0.15) is 5.10 Å². The molecule has 2 rings (SSSR count). The van der Waals surface area contributed by atoms with Crippen LogP contribution in [-0.4, -0.2) is 45.8 Å². The molecule has 24 heavy (non-hydrogen) atoms. The minimum Gasteiger partial charge on any atom is -0.356 e. The maximum Gasteiger partial charge on any atom is 0.193 e. The predicted octanol–water partition coefficient (Wildman–Crippen LogP) is 2.95. The van der Waals surface area contributed by atoms with E-state index < -0.39 is 0 Å². The number of aromatic nitrogens is 3. The first-order valence-electron chi connectivity index (χ1n) is 7.69. The van der Waals surface area contributed by atoms with Gasteiger partial charge >= 0.3 is 0 Å². The van der Waals surface area contributed by atoms with Crippen LogP contribution in [0.4, 0.5) is 0 Å². The summed E-state index contributed by atoms with van der Waals surface area (Å²) in [5.41, 5.74) is 1.23. The van der Waals surface area contributed by atoms with Gasteiger partial charge in [0, 0.05) is 63.0 Å². The van der Waals surface area contributed by atoms with E-state index >= 15 is 0 Å². The molecule has 134 valence electrons. The number of aryl methyl sites for hydroxylation is 1. The molecule has 1 N–H and O–H groups in total. The predicted molar refractivity (Wildman–Crippen MR) is 113 cm³/mol. The van der Waals surface area contributed by atoms with Crippen molar-refractivity contribution in [3.05, 3.63) is 40.9 Å². The summed E-state index contributed by atoms with van der Waals surface area (Å²) in [6.45, 7) is 4.75. The number of nitrogens with one attached hydrogen (secondary N) is 1. The molecule has 2 aromatic rings. The molecule has 0 aliphatic heterocycles. The van der Waals surface area contributed by atoms with Crippen molar-refractivity contribution in [3.63, 3.8) is 0 Å². The van der Waals surface area contributed by atoms with Crippen LogP contribution in [0.2, 0.25) is 0 Å². The summed E-state index contributed by atoms with van der Waals surface area (Å²) < 4.78 is 5.17. The van der Waals surface area contributed by atoms with E-state index in [4.69, 9.17) is 0 Å². The van der Waals surface area contributed by atoms with Gasteiger partial charge in [-0.15, -0.1) is 24.0 Å². The molecule has 0 radical (unpaired) electrons. The normalized spacial score (nSPS) is 12.6. The van der Waals surface area contributed by atoms with Crippen molar-refractivity contribution < 1.29 is 0 Å². The molecule has 0 spiro atoms. The monoisotopic (exact) mass is 508 g/mol. The van der Waals surface area contributed by atoms with Crippen LogP contribution < -0.4 is 5.32 Å². The van der Waals surface area contributed by atoms with Gasteiger partial charge in [0.15, 0.2) is 5.96 Å². The van der Waals surface area contributed by atoms with Crippen LogP contribution in [0, 0.1) is 5.92 Å². The summed E-state index contributed by atoms with van der Waals surface area (Å²) in [6, 6.07) is 4.08. The minimum absolute atomic E-state index is 0. The highest BCUT2D eigenvalue weighted by Crippen LogP contribution is 2.15. The van der Waals surface area contributed by atoms with Crippen molar-refractivity contribution in [2.45, 2.75) is 20.0 Å². The molecular formula is C16H26BrIN6. The number of hydrogen-bond donors (Lipinski definition) is 1. The Morgan fingerprint density at radius 2 is 2.25 bits per heavy atom. The summed E-state index contributed by atoms with van der Waals surface area (Å²) in [6.07, 6.45) is 5.86. The minimum atomic E-state index is 0. The van der Waals surface area contributed by atoms with Crippen molar-refractivity contribution in [1.29, 1.82) is 0 Å². The van der Waals surface area contributed by atoms with E-state index in [9.17, 15) is 0 Å². The smallest absolute Gasteiger partial charge is 0.193 e. The van der Waals surface area contributed by atoms with Crippen LogP contribution in [-0.2, 0) is 20.1 Å². The SMILES string of the molecule is CN=C(NCC(C)Cn1cccn1)N(C)Cc1cc(Br)cn1C.I. The van der Waals surface area contributed by atoms with E-state index in [2.05, 4.69) is 74.1 Å². The van der Waals surface area contributed by atoms with Crippen LogP contribution in [0.15, 0.2) is 40.2 Å². The molecule has 1 atom stereocenters. The number of rotatable bonds is 6. The molecule has 0 bridgehead atoms. The molecule has 0 fully saturated rings. The van der Waals surface area contributed by atoms with E-state index in [0.717, 1.165) is 30.1 Å². The third-order valence-electron chi connectivity index (χ3n) is 3.71. The van der Waals surface area contributed by atoms with Gasteiger partial charge in [0.25, 0.3) is 0 Å². The molecule has 1 unspecified atom stereocenters. The highest BCUT2D eigenvalue weighted by Gasteiger charge is 2.11. The van der Waals surface area contributed by atoms with E-state index in [1.807, 2.05) is 30.2 Å². The van der Waals surface area contributed by atoms with Gasteiger partial charge in [0.2, 0.25) is 0 Å². The fourth-order valence-corrected chi connectivity index (χ4v) is 3.06. The van der Waals surface area contributed by atoms with E-state index in [0.29, 0.717) is 5.92 Å². The van der Waals surface area contributed by atoms with Crippen molar-refractivity contribution >= 4 is 45.9 Å². The third-order valence-corrected chi connectivity index (χ3v) is 4.15. The van der Waals surface area contributed by atoms with Crippen molar-refractivity contribution in [1.82, 2.24) is 24.6 Å². The van der Waals surface area contributed by atoms with Crippen molar-refractivity contribution in [2.75, 3.05) is 20.6 Å². The second-order valence-corrected chi connectivity index (χ2v) is 6.79. The van der Waals surface area contributed by atoms with Gasteiger partial charge < -0.3 is 14.8 Å². The summed E-state index contributed by atoms with van der Waals surface area (Å²) in [5, 5.41) is 7.69. The molecule has 6 nitrogen and oxygen atoms in total. The lowest BCUT2D eigenvalue weighted by atomic mass is 10.2. The Morgan fingerprint density at radius 3 is 2.79 bits per heavy atom. The average molecular weight is 509 g/mol. The molecule has 0 aliphatic carbocycles. The first-order chi connectivity index (χ1) is 11.0. The van der Waals surface area contributed by atoms with Crippen LogP contribution >= 0.6 is 39.9 Å². The Hall–Kier alpha value is -1.03. The summed E-state index contributed by atoms with van der Waals surface area (Å²) in [4.78, 5) is 6.51. The Bertz CT molecular complexity index is 637. The van der Waals surface area contributed by atoms with Crippen LogP contribution in [0.5, 0.6) is 0 Å². The molecule has 0 amide bonds.